The van der Waals surface area contributed by atoms with Gasteiger partial charge in [0.2, 0.25) is 0 Å². The second-order valence-corrected chi connectivity index (χ2v) is 6.05. The van der Waals surface area contributed by atoms with Crippen LogP contribution >= 0.6 is 0 Å². The van der Waals surface area contributed by atoms with Gasteiger partial charge in [-0.15, -0.1) is 0 Å². The van der Waals surface area contributed by atoms with Crippen LogP contribution in [0.1, 0.15) is 23.5 Å². The van der Waals surface area contributed by atoms with Gasteiger partial charge in [0.25, 0.3) is 0 Å². The Morgan fingerprint density at radius 3 is 2.23 bits per heavy atom. The summed E-state index contributed by atoms with van der Waals surface area (Å²) in [5, 5.41) is 0. The van der Waals surface area contributed by atoms with Crippen LogP contribution in [0.3, 0.4) is 0 Å². The molecule has 3 aromatic carbocycles. The number of benzene rings is 3. The molecule has 0 unspecified atom stereocenters. The van der Waals surface area contributed by atoms with Crippen LogP contribution in [0.25, 0.3) is 22.4 Å². The van der Waals surface area contributed by atoms with E-state index in [0.717, 1.165) is 5.56 Å². The average molecular weight is 340 g/mol. The van der Waals surface area contributed by atoms with Crippen molar-refractivity contribution < 1.29 is 6.85 Å². The van der Waals surface area contributed by atoms with E-state index in [1.807, 2.05) is 54.6 Å². The van der Waals surface area contributed by atoms with Gasteiger partial charge in [-0.1, -0.05) is 78.9 Å². The van der Waals surface area contributed by atoms with Gasteiger partial charge >= 0.3 is 0 Å². The largest absolute Gasteiger partial charge is 0.256 e. The molecule has 0 saturated heterocycles. The molecule has 0 spiro atoms. The maximum Gasteiger partial charge on any atom is 0.0705 e. The van der Waals surface area contributed by atoms with Crippen molar-refractivity contribution in [3.8, 4) is 22.4 Å². The highest BCUT2D eigenvalue weighted by Gasteiger charge is 2.06. The summed E-state index contributed by atoms with van der Waals surface area (Å²) in [6.07, 6.45) is -0.0982. The molecule has 0 bridgehead atoms. The van der Waals surface area contributed by atoms with Crippen LogP contribution in [-0.4, -0.2) is 4.98 Å². The molecule has 0 aliphatic carbocycles. The second kappa shape index (κ2) is 7.37. The minimum Gasteiger partial charge on any atom is -0.256 e. The lowest BCUT2D eigenvalue weighted by Crippen LogP contribution is -1.92. The third kappa shape index (κ3) is 3.57. The standard InChI is InChI=1S/C25H21N/c1-19-15-25(26-18-24(19)22-12-6-3-7-13-22)23-14-8-11-21(17-23)16-20-9-4-2-5-10-20/h2-15,17-18H,16H2,1H3/i1D3,16D2. The van der Waals surface area contributed by atoms with Crippen molar-refractivity contribution >= 4 is 0 Å². The molecule has 1 heterocycles. The van der Waals surface area contributed by atoms with Crippen LogP contribution in [-0.2, 0) is 6.37 Å². The summed E-state index contributed by atoms with van der Waals surface area (Å²) >= 11 is 0. The molecule has 26 heavy (non-hydrogen) atoms. The quantitative estimate of drug-likeness (QED) is 0.424. The van der Waals surface area contributed by atoms with Crippen LogP contribution in [0.5, 0.6) is 0 Å². The Kier molecular flexibility index (Phi) is 3.24. The molecular weight excluding hydrogens is 314 g/mol. The first-order valence-corrected chi connectivity index (χ1v) is 8.49. The molecule has 1 aromatic heterocycles. The van der Waals surface area contributed by atoms with Gasteiger partial charge in [-0.3, -0.25) is 4.98 Å². The Morgan fingerprint density at radius 2 is 1.46 bits per heavy atom. The Morgan fingerprint density at radius 1 is 0.769 bits per heavy atom. The molecule has 0 saturated carbocycles. The normalized spacial score (nSPS) is 14.5. The van der Waals surface area contributed by atoms with E-state index in [1.165, 1.54) is 0 Å². The van der Waals surface area contributed by atoms with E-state index in [-0.39, 0.29) is 5.56 Å². The molecule has 0 N–H and O–H groups in total. The van der Waals surface area contributed by atoms with E-state index in [0.29, 0.717) is 27.9 Å². The minimum atomic E-state index is -2.31. The minimum absolute atomic E-state index is 0.222. The molecule has 0 atom stereocenters. The number of rotatable bonds is 4. The summed E-state index contributed by atoms with van der Waals surface area (Å²) in [7, 11) is 0. The van der Waals surface area contributed by atoms with Crippen LogP contribution in [0.15, 0.2) is 97.2 Å². The molecule has 126 valence electrons. The zero-order chi connectivity index (χ0) is 22.1. The van der Waals surface area contributed by atoms with Gasteiger partial charge in [0.05, 0.1) is 5.69 Å². The van der Waals surface area contributed by atoms with Crippen molar-refractivity contribution in [2.75, 3.05) is 0 Å². The van der Waals surface area contributed by atoms with Crippen molar-refractivity contribution in [3.63, 3.8) is 0 Å². The molecule has 0 radical (unpaired) electrons. The van der Waals surface area contributed by atoms with Crippen molar-refractivity contribution in [1.82, 2.24) is 4.98 Å². The van der Waals surface area contributed by atoms with Crippen molar-refractivity contribution in [3.05, 3.63) is 114 Å². The van der Waals surface area contributed by atoms with E-state index in [2.05, 4.69) is 4.98 Å². The van der Waals surface area contributed by atoms with Crippen molar-refractivity contribution in [2.24, 2.45) is 0 Å². The number of aromatic nitrogens is 1. The lowest BCUT2D eigenvalue weighted by Gasteiger charge is -2.10. The summed E-state index contributed by atoms with van der Waals surface area (Å²) < 4.78 is 41.3. The Hall–Kier alpha value is -3.19. The molecule has 4 aromatic rings. The van der Waals surface area contributed by atoms with Gasteiger partial charge in [0.15, 0.2) is 0 Å². The smallest absolute Gasteiger partial charge is 0.0705 e. The lowest BCUT2D eigenvalue weighted by atomic mass is 9.98. The number of hydrogen-bond acceptors (Lipinski definition) is 1. The lowest BCUT2D eigenvalue weighted by molar-refractivity contribution is 1.19. The molecule has 0 aliphatic rings. The third-order valence-electron chi connectivity index (χ3n) is 4.21. The van der Waals surface area contributed by atoms with Gasteiger partial charge in [-0.2, -0.15) is 0 Å². The third-order valence-corrected chi connectivity index (χ3v) is 4.21. The van der Waals surface area contributed by atoms with E-state index >= 15 is 0 Å². The summed E-state index contributed by atoms with van der Waals surface area (Å²) in [4.78, 5) is 4.52. The highest BCUT2D eigenvalue weighted by atomic mass is 14.7. The molecule has 0 fully saturated rings. The van der Waals surface area contributed by atoms with Crippen molar-refractivity contribution in [1.29, 1.82) is 0 Å². The summed E-state index contributed by atoms with van der Waals surface area (Å²) in [6.45, 7) is -2.31. The fourth-order valence-electron chi connectivity index (χ4n) is 2.91. The van der Waals surface area contributed by atoms with E-state index in [1.54, 1.807) is 42.6 Å². The fraction of sp³-hybridized carbons (Fsp3) is 0.0800. The van der Waals surface area contributed by atoms with Gasteiger partial charge in [0, 0.05) is 24.2 Å². The van der Waals surface area contributed by atoms with E-state index in [4.69, 9.17) is 6.85 Å². The number of pyridine rings is 1. The molecule has 1 heteroatoms. The Labute approximate surface area is 162 Å². The first-order valence-electron chi connectivity index (χ1n) is 11.0. The second-order valence-electron chi connectivity index (χ2n) is 6.05. The molecule has 4 rings (SSSR count). The molecule has 0 amide bonds. The Bertz CT molecular complexity index is 1190. The van der Waals surface area contributed by atoms with Gasteiger partial charge < -0.3 is 0 Å². The van der Waals surface area contributed by atoms with Gasteiger partial charge in [0.1, 0.15) is 0 Å². The zero-order valence-corrected chi connectivity index (χ0v) is 14.2. The SMILES string of the molecule is [2H]C([2H])([2H])c1cc(-c2cccc(C([2H])([2H])c3ccccc3)c2)ncc1-c1ccccc1. The van der Waals surface area contributed by atoms with Crippen molar-refractivity contribution in [2.45, 2.75) is 13.2 Å². The van der Waals surface area contributed by atoms with Gasteiger partial charge in [-0.25, -0.2) is 0 Å². The maximum absolute atomic E-state index is 8.61. The highest BCUT2D eigenvalue weighted by molar-refractivity contribution is 5.70. The summed E-state index contributed by atoms with van der Waals surface area (Å²) in [5.74, 6) is 0. The van der Waals surface area contributed by atoms with Gasteiger partial charge in [-0.05, 0) is 47.6 Å². The first kappa shape index (κ1) is 11.4. The topological polar surface area (TPSA) is 12.9 Å². The predicted octanol–water partition coefficient (Wildman–Crippen LogP) is 6.31. The summed E-state index contributed by atoms with van der Waals surface area (Å²) in [6, 6.07) is 27.0. The van der Waals surface area contributed by atoms with E-state index < -0.39 is 13.2 Å². The number of nitrogens with zero attached hydrogens (tertiary/aromatic N) is 1. The van der Waals surface area contributed by atoms with Crippen LogP contribution in [0, 0.1) is 6.85 Å². The van der Waals surface area contributed by atoms with Crippen LogP contribution < -0.4 is 0 Å². The molecule has 0 aliphatic heterocycles. The maximum atomic E-state index is 8.61. The highest BCUT2D eigenvalue weighted by Crippen LogP contribution is 2.27. The fourth-order valence-corrected chi connectivity index (χ4v) is 2.91. The average Bonchev–Trinajstić information content (AvgIpc) is 2.79. The number of hydrogen-bond donors (Lipinski definition) is 0. The van der Waals surface area contributed by atoms with Crippen LogP contribution in [0.4, 0.5) is 0 Å². The molecular formula is C25H21N. The molecule has 1 nitrogen and oxygen atoms in total. The van der Waals surface area contributed by atoms with Crippen LogP contribution in [0.2, 0.25) is 0 Å². The Balaban J connectivity index is 1.80. The predicted molar refractivity (Wildman–Crippen MR) is 109 cm³/mol. The zero-order valence-electron chi connectivity index (χ0n) is 19.2. The summed E-state index contributed by atoms with van der Waals surface area (Å²) in [5.41, 5.74) is 3.80. The monoisotopic (exact) mass is 340 g/mol. The first-order chi connectivity index (χ1) is 14.8. The number of aryl methyl sites for hydroxylation is 1. The van der Waals surface area contributed by atoms with E-state index in [9.17, 15) is 0 Å².